The van der Waals surface area contributed by atoms with Gasteiger partial charge in [-0.25, -0.2) is 15.0 Å². The molecule has 4 heterocycles. The van der Waals surface area contributed by atoms with Crippen LogP contribution in [-0.4, -0.2) is 60.7 Å². The van der Waals surface area contributed by atoms with E-state index in [4.69, 9.17) is 15.2 Å². The van der Waals surface area contributed by atoms with Crippen molar-refractivity contribution in [3.05, 3.63) is 47.3 Å². The number of rotatable bonds is 4. The number of nitrogens with two attached hydrogens (primary N) is 1. The summed E-state index contributed by atoms with van der Waals surface area (Å²) in [5.41, 5.74) is 5.80. The standard InChI is InChI=1S/C23H23BrN6O4/c1-26-20-13-5-7-30(21(13)28-10-27-20)22-17(31)23(32)6-4-16(18(23)34-22)33-12-3-2-11-8-14(24)19(25)29-15(11)9-12/h2-3,5,7-10,16-18,22,31-32H,4,6H2,1H3,(H2,25,29)(H,26,27,28)/t16-,17?,18+,22+,23-/m0/s1. The molecule has 0 spiro atoms. The smallest absolute Gasteiger partial charge is 0.164 e. The molecule has 5 N–H and O–H groups in total. The minimum absolute atomic E-state index is 0.349. The van der Waals surface area contributed by atoms with Crippen LogP contribution in [0.3, 0.4) is 0 Å². The summed E-state index contributed by atoms with van der Waals surface area (Å²) in [6, 6.07) is 9.33. The van der Waals surface area contributed by atoms with Crippen LogP contribution in [0, 0.1) is 0 Å². The Morgan fingerprint density at radius 2 is 2.15 bits per heavy atom. The van der Waals surface area contributed by atoms with E-state index in [-0.39, 0.29) is 0 Å². The zero-order valence-electron chi connectivity index (χ0n) is 18.2. The first-order chi connectivity index (χ1) is 16.4. The van der Waals surface area contributed by atoms with Crippen molar-refractivity contribution in [2.45, 2.75) is 43.0 Å². The molecule has 2 fully saturated rings. The van der Waals surface area contributed by atoms with Crippen LogP contribution in [0.2, 0.25) is 0 Å². The van der Waals surface area contributed by atoms with E-state index in [1.807, 2.05) is 30.3 Å². The van der Waals surface area contributed by atoms with Crippen molar-refractivity contribution in [2.75, 3.05) is 18.1 Å². The van der Waals surface area contributed by atoms with Crippen LogP contribution in [0.5, 0.6) is 5.75 Å². The number of aromatic nitrogens is 4. The molecule has 1 aliphatic carbocycles. The van der Waals surface area contributed by atoms with Crippen molar-refractivity contribution in [1.29, 1.82) is 0 Å². The van der Waals surface area contributed by atoms with Crippen molar-refractivity contribution >= 4 is 49.5 Å². The first kappa shape index (κ1) is 21.5. The van der Waals surface area contributed by atoms with Crippen LogP contribution in [0.15, 0.2) is 47.3 Å². The molecule has 1 saturated carbocycles. The number of hydrogen-bond donors (Lipinski definition) is 4. The Balaban J connectivity index is 1.29. The summed E-state index contributed by atoms with van der Waals surface area (Å²) in [5, 5.41) is 27.3. The molecule has 34 heavy (non-hydrogen) atoms. The summed E-state index contributed by atoms with van der Waals surface area (Å²) in [7, 11) is 1.78. The van der Waals surface area contributed by atoms with Crippen LogP contribution >= 0.6 is 15.9 Å². The second-order valence-corrected chi connectivity index (χ2v) is 9.58. The minimum Gasteiger partial charge on any atom is -0.488 e. The third-order valence-electron chi connectivity index (χ3n) is 6.81. The zero-order chi connectivity index (χ0) is 23.6. The summed E-state index contributed by atoms with van der Waals surface area (Å²) in [5.74, 6) is 1.67. The average Bonchev–Trinajstić information content (AvgIpc) is 3.47. The number of halogens is 1. The van der Waals surface area contributed by atoms with E-state index in [9.17, 15) is 10.2 Å². The van der Waals surface area contributed by atoms with Crippen LogP contribution in [0.25, 0.3) is 21.9 Å². The number of pyridine rings is 1. The zero-order valence-corrected chi connectivity index (χ0v) is 19.8. The van der Waals surface area contributed by atoms with E-state index >= 15 is 0 Å². The lowest BCUT2D eigenvalue weighted by Gasteiger charge is -2.26. The van der Waals surface area contributed by atoms with Crippen LogP contribution in [0.1, 0.15) is 19.1 Å². The van der Waals surface area contributed by atoms with Gasteiger partial charge in [-0.1, -0.05) is 0 Å². The number of fused-ring (bicyclic) bond motifs is 3. The number of anilines is 2. The molecule has 6 rings (SSSR count). The first-order valence-electron chi connectivity index (χ1n) is 11.0. The largest absolute Gasteiger partial charge is 0.488 e. The Morgan fingerprint density at radius 3 is 2.97 bits per heavy atom. The van der Waals surface area contributed by atoms with E-state index in [2.05, 4.69) is 36.2 Å². The van der Waals surface area contributed by atoms with Gasteiger partial charge < -0.3 is 35.3 Å². The van der Waals surface area contributed by atoms with Gasteiger partial charge >= 0.3 is 0 Å². The molecule has 1 aliphatic heterocycles. The second-order valence-electron chi connectivity index (χ2n) is 8.72. The molecule has 1 saturated heterocycles. The first-order valence-corrected chi connectivity index (χ1v) is 11.8. The van der Waals surface area contributed by atoms with Gasteiger partial charge in [-0.05, 0) is 53.0 Å². The van der Waals surface area contributed by atoms with Gasteiger partial charge in [-0.15, -0.1) is 0 Å². The number of aliphatic hydroxyl groups excluding tert-OH is 1. The highest BCUT2D eigenvalue weighted by atomic mass is 79.9. The molecule has 0 amide bonds. The highest BCUT2D eigenvalue weighted by molar-refractivity contribution is 9.10. The Labute approximate surface area is 202 Å². The number of ether oxygens (including phenoxy) is 2. The fourth-order valence-corrected chi connectivity index (χ4v) is 5.42. The number of hydrogen-bond acceptors (Lipinski definition) is 9. The van der Waals surface area contributed by atoms with E-state index in [0.29, 0.717) is 41.4 Å². The monoisotopic (exact) mass is 526 g/mol. The molecule has 4 aromatic rings. The SMILES string of the molecule is CNc1ncnc2c1ccn2[C@@H]1O[C@@H]2[C@@H](Oc3ccc4cc(Br)c(N)nc4c3)CC[C@]2(O)C1O. The Bertz CT molecular complexity index is 1410. The normalized spacial score (nSPS) is 28.5. The number of benzene rings is 1. The van der Waals surface area contributed by atoms with Gasteiger partial charge in [0.05, 0.1) is 15.4 Å². The highest BCUT2D eigenvalue weighted by Gasteiger charge is 2.62. The maximum absolute atomic E-state index is 11.4. The maximum atomic E-state index is 11.4. The lowest BCUT2D eigenvalue weighted by Crippen LogP contribution is -2.47. The summed E-state index contributed by atoms with van der Waals surface area (Å²) < 4.78 is 15.0. The molecule has 3 aromatic heterocycles. The van der Waals surface area contributed by atoms with Gasteiger partial charge in [-0.3, -0.25) is 0 Å². The maximum Gasteiger partial charge on any atom is 0.164 e. The lowest BCUT2D eigenvalue weighted by molar-refractivity contribution is -0.0791. The van der Waals surface area contributed by atoms with E-state index in [1.54, 1.807) is 17.8 Å². The van der Waals surface area contributed by atoms with E-state index in [0.717, 1.165) is 15.2 Å². The van der Waals surface area contributed by atoms with Gasteiger partial charge in [0, 0.05) is 24.7 Å². The molecule has 5 atom stereocenters. The lowest BCUT2D eigenvalue weighted by atomic mass is 9.94. The predicted octanol–water partition coefficient (Wildman–Crippen LogP) is 2.60. The van der Waals surface area contributed by atoms with Gasteiger partial charge in [0.1, 0.15) is 53.3 Å². The summed E-state index contributed by atoms with van der Waals surface area (Å²) in [6.45, 7) is 0. The Hall–Kier alpha value is -2.99. The molecule has 11 heteroatoms. The van der Waals surface area contributed by atoms with Gasteiger partial charge in [0.25, 0.3) is 0 Å². The molecule has 0 bridgehead atoms. The number of nitrogens with zero attached hydrogens (tertiary/aromatic N) is 4. The fraction of sp³-hybridized carbons (Fsp3) is 0.348. The van der Waals surface area contributed by atoms with Crippen LogP contribution in [0.4, 0.5) is 11.6 Å². The quantitative estimate of drug-likeness (QED) is 0.315. The summed E-state index contributed by atoms with van der Waals surface area (Å²) in [6.07, 6.45) is 1.00. The summed E-state index contributed by atoms with van der Waals surface area (Å²) in [4.78, 5) is 13.0. The van der Waals surface area contributed by atoms with E-state index < -0.39 is 30.1 Å². The molecule has 10 nitrogen and oxygen atoms in total. The topological polar surface area (TPSA) is 141 Å². The second kappa shape index (κ2) is 7.77. The third-order valence-corrected chi connectivity index (χ3v) is 7.44. The molecule has 176 valence electrons. The third kappa shape index (κ3) is 3.15. The van der Waals surface area contributed by atoms with Crippen molar-refractivity contribution < 1.29 is 19.7 Å². The Morgan fingerprint density at radius 1 is 1.29 bits per heavy atom. The molecule has 1 unspecified atom stereocenters. The average molecular weight is 527 g/mol. The minimum atomic E-state index is -1.44. The fourth-order valence-electron chi connectivity index (χ4n) is 5.08. The van der Waals surface area contributed by atoms with Crippen LogP contribution < -0.4 is 15.8 Å². The van der Waals surface area contributed by atoms with Gasteiger partial charge in [-0.2, -0.15) is 0 Å². The van der Waals surface area contributed by atoms with Gasteiger partial charge in [0.2, 0.25) is 0 Å². The molecule has 1 aromatic carbocycles. The molecular formula is C23H23BrN6O4. The highest BCUT2D eigenvalue weighted by Crippen LogP contribution is 2.48. The molecular weight excluding hydrogens is 504 g/mol. The van der Waals surface area contributed by atoms with Gasteiger partial charge in [0.15, 0.2) is 6.23 Å². The summed E-state index contributed by atoms with van der Waals surface area (Å²) >= 11 is 3.39. The number of nitrogen functional groups attached to an aromatic ring is 1. The van der Waals surface area contributed by atoms with Crippen molar-refractivity contribution in [3.8, 4) is 5.75 Å². The van der Waals surface area contributed by atoms with Crippen molar-refractivity contribution in [1.82, 2.24) is 19.5 Å². The Kier molecular flexibility index (Phi) is 4.92. The van der Waals surface area contributed by atoms with Crippen LogP contribution in [-0.2, 0) is 4.74 Å². The number of nitrogens with one attached hydrogen (secondary N) is 1. The predicted molar refractivity (Wildman–Crippen MR) is 129 cm³/mol. The molecule has 2 aliphatic rings. The van der Waals surface area contributed by atoms with Crippen molar-refractivity contribution in [2.24, 2.45) is 0 Å². The van der Waals surface area contributed by atoms with E-state index in [1.165, 1.54) is 6.33 Å². The number of aliphatic hydroxyl groups is 2. The molecule has 0 radical (unpaired) electrons. The van der Waals surface area contributed by atoms with Crippen molar-refractivity contribution in [3.63, 3.8) is 0 Å².